The van der Waals surface area contributed by atoms with Gasteiger partial charge in [0.05, 0.1) is 16.2 Å². The van der Waals surface area contributed by atoms with Gasteiger partial charge < -0.3 is 0 Å². The molecule has 1 aromatic heterocycles. The number of rotatable bonds is 3. The van der Waals surface area contributed by atoms with Crippen LogP contribution in [0.4, 0.5) is 5.82 Å². The van der Waals surface area contributed by atoms with Gasteiger partial charge in [-0.15, -0.1) is 0 Å². The lowest BCUT2D eigenvalue weighted by Gasteiger charge is -2.10. The number of nitrogens with zero attached hydrogens (tertiary/aromatic N) is 1. The lowest BCUT2D eigenvalue weighted by molar-refractivity contribution is 0.601. The van der Waals surface area contributed by atoms with Gasteiger partial charge in [-0.2, -0.15) is 5.10 Å². The zero-order valence-electron chi connectivity index (χ0n) is 9.54. The number of nitrogens with one attached hydrogen (secondary N) is 2. The van der Waals surface area contributed by atoms with Gasteiger partial charge in [-0.05, 0) is 19.1 Å². The molecule has 1 aromatic carbocycles. The molecular weight excluding hydrogens is 333 g/mol. The Balaban J connectivity index is 2.49. The number of halogens is 3. The molecule has 0 bridgehead atoms. The Labute approximate surface area is 124 Å². The van der Waals surface area contributed by atoms with E-state index >= 15 is 0 Å². The summed E-state index contributed by atoms with van der Waals surface area (Å²) in [6.45, 7) is 1.70. The average Bonchev–Trinajstić information content (AvgIpc) is 2.61. The van der Waals surface area contributed by atoms with Gasteiger partial charge in [-0.25, -0.2) is 8.42 Å². The van der Waals surface area contributed by atoms with Gasteiger partial charge >= 0.3 is 0 Å². The van der Waals surface area contributed by atoms with E-state index in [1.54, 1.807) is 6.92 Å². The number of hydrogen-bond acceptors (Lipinski definition) is 3. The van der Waals surface area contributed by atoms with Crippen LogP contribution in [0.5, 0.6) is 0 Å². The van der Waals surface area contributed by atoms with Crippen molar-refractivity contribution in [1.29, 1.82) is 0 Å². The molecule has 0 atom stereocenters. The van der Waals surface area contributed by atoms with Crippen molar-refractivity contribution < 1.29 is 8.42 Å². The highest BCUT2D eigenvalue weighted by Crippen LogP contribution is 2.33. The monoisotopic (exact) mass is 339 g/mol. The maximum atomic E-state index is 12.2. The van der Waals surface area contributed by atoms with Crippen molar-refractivity contribution >= 4 is 50.6 Å². The van der Waals surface area contributed by atoms with Gasteiger partial charge in [0.1, 0.15) is 10.7 Å². The molecule has 9 heteroatoms. The molecule has 0 saturated carbocycles. The van der Waals surface area contributed by atoms with E-state index in [2.05, 4.69) is 14.9 Å². The Morgan fingerprint density at radius 1 is 1.21 bits per heavy atom. The van der Waals surface area contributed by atoms with Crippen molar-refractivity contribution in [3.05, 3.63) is 39.0 Å². The minimum absolute atomic E-state index is 0.0535. The van der Waals surface area contributed by atoms with Crippen LogP contribution in [-0.2, 0) is 10.0 Å². The smallest absolute Gasteiger partial charge is 0.263 e. The first-order valence-corrected chi connectivity index (χ1v) is 7.60. The fraction of sp³-hybridized carbons (Fsp3) is 0.100. The van der Waals surface area contributed by atoms with Crippen LogP contribution in [0.15, 0.2) is 23.2 Å². The summed E-state index contributed by atoms with van der Waals surface area (Å²) in [7, 11) is -3.93. The normalized spacial score (nSPS) is 11.6. The summed E-state index contributed by atoms with van der Waals surface area (Å²) >= 11 is 17.5. The second-order valence-electron chi connectivity index (χ2n) is 3.73. The molecule has 19 heavy (non-hydrogen) atoms. The maximum absolute atomic E-state index is 12.2. The zero-order chi connectivity index (χ0) is 14.2. The van der Waals surface area contributed by atoms with Crippen molar-refractivity contribution in [3.8, 4) is 0 Å². The largest absolute Gasteiger partial charge is 0.266 e. The zero-order valence-corrected chi connectivity index (χ0v) is 12.6. The van der Waals surface area contributed by atoms with E-state index < -0.39 is 10.0 Å². The number of anilines is 1. The summed E-state index contributed by atoms with van der Waals surface area (Å²) in [4.78, 5) is -0.228. The maximum Gasteiger partial charge on any atom is 0.266 e. The van der Waals surface area contributed by atoms with Crippen LogP contribution in [0.1, 0.15) is 5.56 Å². The van der Waals surface area contributed by atoms with Crippen molar-refractivity contribution in [2.24, 2.45) is 0 Å². The highest BCUT2D eigenvalue weighted by molar-refractivity contribution is 7.93. The molecule has 0 unspecified atom stereocenters. The number of benzene rings is 1. The third-order valence-corrected chi connectivity index (χ3v) is 4.79. The van der Waals surface area contributed by atoms with Crippen LogP contribution in [0.3, 0.4) is 0 Å². The standard InChI is InChI=1S/C10H8Cl3N3O2S/c1-5-4-14-15-10(5)16-19(17,18)9-7(12)2-6(11)3-8(9)13/h2-4H,1H3,(H2,14,15,16). The molecule has 0 aliphatic rings. The molecule has 0 fully saturated rings. The summed E-state index contributed by atoms with van der Waals surface area (Å²) in [5.41, 5.74) is 0.643. The quantitative estimate of drug-likeness (QED) is 0.898. The van der Waals surface area contributed by atoms with Gasteiger partial charge in [0.2, 0.25) is 0 Å². The van der Waals surface area contributed by atoms with Gasteiger partial charge in [0.15, 0.2) is 0 Å². The molecule has 0 amide bonds. The molecule has 5 nitrogen and oxygen atoms in total. The Morgan fingerprint density at radius 2 is 1.79 bits per heavy atom. The van der Waals surface area contributed by atoms with Gasteiger partial charge in [0, 0.05) is 10.6 Å². The van der Waals surface area contributed by atoms with E-state index in [4.69, 9.17) is 34.8 Å². The Kier molecular flexibility index (Phi) is 3.96. The van der Waals surface area contributed by atoms with Crippen molar-refractivity contribution in [1.82, 2.24) is 10.2 Å². The first kappa shape index (κ1) is 14.5. The number of aromatic amines is 1. The molecule has 0 spiro atoms. The van der Waals surface area contributed by atoms with Crippen molar-refractivity contribution in [2.75, 3.05) is 4.72 Å². The summed E-state index contributed by atoms with van der Waals surface area (Å²) < 4.78 is 26.8. The van der Waals surface area contributed by atoms with Gasteiger partial charge in [0.25, 0.3) is 10.0 Å². The first-order valence-electron chi connectivity index (χ1n) is 4.98. The summed E-state index contributed by atoms with van der Waals surface area (Å²) in [6, 6.07) is 2.62. The Hall–Kier alpha value is -0.950. The van der Waals surface area contributed by atoms with Crippen LogP contribution < -0.4 is 4.72 Å². The summed E-state index contributed by atoms with van der Waals surface area (Å²) in [5, 5.41) is 6.40. The highest BCUT2D eigenvalue weighted by atomic mass is 35.5. The predicted octanol–water partition coefficient (Wildman–Crippen LogP) is 3.48. The lowest BCUT2D eigenvalue weighted by atomic mass is 10.4. The molecular formula is C10H8Cl3N3O2S. The number of aromatic nitrogens is 2. The number of hydrogen-bond donors (Lipinski definition) is 2. The van der Waals surface area contributed by atoms with Crippen LogP contribution in [0, 0.1) is 6.92 Å². The van der Waals surface area contributed by atoms with E-state index in [0.29, 0.717) is 5.56 Å². The van der Waals surface area contributed by atoms with Crippen molar-refractivity contribution in [2.45, 2.75) is 11.8 Å². The van der Waals surface area contributed by atoms with Crippen LogP contribution >= 0.6 is 34.8 Å². The molecule has 2 rings (SSSR count). The minimum atomic E-state index is -3.93. The number of H-pyrrole nitrogens is 1. The lowest BCUT2D eigenvalue weighted by Crippen LogP contribution is -2.15. The molecule has 0 aliphatic carbocycles. The molecule has 2 aromatic rings. The summed E-state index contributed by atoms with van der Waals surface area (Å²) in [6.07, 6.45) is 1.49. The molecule has 0 saturated heterocycles. The second-order valence-corrected chi connectivity index (χ2v) is 6.60. The van der Waals surface area contributed by atoms with Gasteiger partial charge in [-0.1, -0.05) is 34.8 Å². The fourth-order valence-corrected chi connectivity index (χ4v) is 4.06. The van der Waals surface area contributed by atoms with Crippen LogP contribution in [0.2, 0.25) is 15.1 Å². The molecule has 0 radical (unpaired) electrons. The average molecular weight is 341 g/mol. The number of aryl methyl sites for hydroxylation is 1. The molecule has 102 valence electrons. The molecule has 1 heterocycles. The fourth-order valence-electron chi connectivity index (χ4n) is 1.42. The Morgan fingerprint density at radius 3 is 2.26 bits per heavy atom. The number of sulfonamides is 1. The van der Waals surface area contributed by atoms with Crippen LogP contribution in [-0.4, -0.2) is 18.6 Å². The topological polar surface area (TPSA) is 74.8 Å². The summed E-state index contributed by atoms with van der Waals surface area (Å²) in [5.74, 6) is 0.252. The van der Waals surface area contributed by atoms with E-state index in [1.807, 2.05) is 0 Å². The Bertz CT molecular complexity index is 704. The SMILES string of the molecule is Cc1cn[nH]c1NS(=O)(=O)c1c(Cl)cc(Cl)cc1Cl. The predicted molar refractivity (Wildman–Crippen MR) is 75.6 cm³/mol. The first-order chi connectivity index (χ1) is 8.81. The highest BCUT2D eigenvalue weighted by Gasteiger charge is 2.23. The van der Waals surface area contributed by atoms with Gasteiger partial charge in [-0.3, -0.25) is 9.82 Å². The van der Waals surface area contributed by atoms with Crippen molar-refractivity contribution in [3.63, 3.8) is 0 Å². The third-order valence-electron chi connectivity index (χ3n) is 2.30. The minimum Gasteiger partial charge on any atom is -0.263 e. The van der Waals surface area contributed by atoms with E-state index in [0.717, 1.165) is 0 Å². The molecule has 0 aliphatic heterocycles. The van der Waals surface area contributed by atoms with E-state index in [9.17, 15) is 8.42 Å². The molecule has 2 N–H and O–H groups in total. The second kappa shape index (κ2) is 5.20. The van der Waals surface area contributed by atoms with E-state index in [-0.39, 0.29) is 25.8 Å². The van der Waals surface area contributed by atoms with Crippen LogP contribution in [0.25, 0.3) is 0 Å². The van der Waals surface area contributed by atoms with E-state index in [1.165, 1.54) is 18.3 Å². The third kappa shape index (κ3) is 2.97.